The SMILES string of the molecule is COc1ccc2c(CSc3nc4ccccc4c(=O)n3-c3ccc(C)c(Cl)c3)cc(=O)oc2c1. The van der Waals surface area contributed by atoms with Gasteiger partial charge in [0.05, 0.1) is 23.7 Å². The van der Waals surface area contributed by atoms with Crippen molar-refractivity contribution in [1.82, 2.24) is 9.55 Å². The Hall–Kier alpha value is -3.55. The minimum absolute atomic E-state index is 0.185. The number of halogens is 1. The van der Waals surface area contributed by atoms with Gasteiger partial charge in [0, 0.05) is 28.3 Å². The summed E-state index contributed by atoms with van der Waals surface area (Å²) in [6, 6.07) is 19.5. The van der Waals surface area contributed by atoms with Crippen LogP contribution in [0, 0.1) is 6.92 Å². The topological polar surface area (TPSA) is 74.3 Å². The Morgan fingerprint density at radius 2 is 1.85 bits per heavy atom. The number of benzene rings is 3. The zero-order valence-corrected chi connectivity index (χ0v) is 19.9. The fourth-order valence-corrected chi connectivity index (χ4v) is 4.94. The van der Waals surface area contributed by atoms with Crippen molar-refractivity contribution in [2.45, 2.75) is 17.8 Å². The minimum atomic E-state index is -0.453. The molecule has 0 atom stereocenters. The zero-order chi connectivity index (χ0) is 23.8. The molecule has 6 nitrogen and oxygen atoms in total. The number of thioether (sulfide) groups is 1. The van der Waals surface area contributed by atoms with E-state index in [1.54, 1.807) is 29.9 Å². The molecule has 8 heteroatoms. The molecule has 5 rings (SSSR count). The standard InChI is InChI=1S/C26H19ClN2O4S/c1-15-7-8-17(12-21(15)27)29-25(31)20-5-3-4-6-22(20)28-26(29)34-14-16-11-24(30)33-23-13-18(32-2)9-10-19(16)23/h3-13H,14H2,1-2H3. The van der Waals surface area contributed by atoms with Crippen molar-refractivity contribution in [2.75, 3.05) is 7.11 Å². The first-order valence-electron chi connectivity index (χ1n) is 10.5. The Balaban J connectivity index is 1.64. The van der Waals surface area contributed by atoms with Crippen LogP contribution in [0.3, 0.4) is 0 Å². The van der Waals surface area contributed by atoms with Gasteiger partial charge in [-0.15, -0.1) is 0 Å². The molecule has 0 aliphatic heterocycles. The first-order chi connectivity index (χ1) is 16.4. The molecule has 0 amide bonds. The van der Waals surface area contributed by atoms with Crippen molar-refractivity contribution < 1.29 is 9.15 Å². The average molecular weight is 491 g/mol. The Kier molecular flexibility index (Phi) is 5.89. The number of para-hydroxylation sites is 1. The summed E-state index contributed by atoms with van der Waals surface area (Å²) in [6.07, 6.45) is 0. The summed E-state index contributed by atoms with van der Waals surface area (Å²) in [5.41, 5.74) is 2.72. The van der Waals surface area contributed by atoms with Gasteiger partial charge in [-0.25, -0.2) is 9.78 Å². The summed E-state index contributed by atoms with van der Waals surface area (Å²) in [4.78, 5) is 30.5. The molecule has 2 heterocycles. The van der Waals surface area contributed by atoms with E-state index in [1.165, 1.54) is 17.8 Å². The summed E-state index contributed by atoms with van der Waals surface area (Å²) >= 11 is 7.73. The third-order valence-electron chi connectivity index (χ3n) is 5.55. The van der Waals surface area contributed by atoms with E-state index in [1.807, 2.05) is 49.4 Å². The molecule has 3 aromatic carbocycles. The lowest BCUT2D eigenvalue weighted by atomic mass is 10.1. The van der Waals surface area contributed by atoms with Crippen LogP contribution in [-0.4, -0.2) is 16.7 Å². The van der Waals surface area contributed by atoms with Crippen molar-refractivity contribution in [3.8, 4) is 11.4 Å². The fourth-order valence-electron chi connectivity index (χ4n) is 3.76. The van der Waals surface area contributed by atoms with E-state index in [0.717, 1.165) is 16.5 Å². The number of fused-ring (bicyclic) bond motifs is 2. The number of nitrogens with zero attached hydrogens (tertiary/aromatic N) is 2. The fraction of sp³-hybridized carbons (Fsp3) is 0.115. The summed E-state index contributed by atoms with van der Waals surface area (Å²) in [5, 5.41) is 2.37. The van der Waals surface area contributed by atoms with Gasteiger partial charge in [0.15, 0.2) is 5.16 Å². The predicted molar refractivity (Wildman–Crippen MR) is 136 cm³/mol. The third kappa shape index (κ3) is 4.08. The molecule has 2 aromatic heterocycles. The normalized spacial score (nSPS) is 11.3. The van der Waals surface area contributed by atoms with Crippen molar-refractivity contribution in [1.29, 1.82) is 0 Å². The van der Waals surface area contributed by atoms with Crippen LogP contribution < -0.4 is 15.9 Å². The van der Waals surface area contributed by atoms with Crippen LogP contribution in [0.4, 0.5) is 0 Å². The summed E-state index contributed by atoms with van der Waals surface area (Å²) < 4.78 is 12.2. The van der Waals surface area contributed by atoms with Gasteiger partial charge >= 0.3 is 5.63 Å². The largest absolute Gasteiger partial charge is 0.497 e. The molecule has 0 aliphatic carbocycles. The van der Waals surface area contributed by atoms with Gasteiger partial charge < -0.3 is 9.15 Å². The summed E-state index contributed by atoms with van der Waals surface area (Å²) in [6.45, 7) is 1.91. The van der Waals surface area contributed by atoms with Crippen LogP contribution in [0.25, 0.3) is 27.6 Å². The molecule has 0 radical (unpaired) electrons. The molecule has 34 heavy (non-hydrogen) atoms. The quantitative estimate of drug-likeness (QED) is 0.177. The third-order valence-corrected chi connectivity index (χ3v) is 6.95. The Labute approximate surface area is 203 Å². The second kappa shape index (κ2) is 9.00. The highest BCUT2D eigenvalue weighted by Gasteiger charge is 2.16. The lowest BCUT2D eigenvalue weighted by Gasteiger charge is -2.14. The number of aryl methyl sites for hydroxylation is 1. The van der Waals surface area contributed by atoms with Gasteiger partial charge in [-0.2, -0.15) is 0 Å². The van der Waals surface area contributed by atoms with Crippen LogP contribution in [0.1, 0.15) is 11.1 Å². The second-order valence-electron chi connectivity index (χ2n) is 7.73. The molecule has 0 fully saturated rings. The molecule has 0 aliphatic rings. The minimum Gasteiger partial charge on any atom is -0.497 e. The molecule has 0 spiro atoms. The van der Waals surface area contributed by atoms with Gasteiger partial charge in [-0.1, -0.05) is 41.6 Å². The van der Waals surface area contributed by atoms with E-state index in [9.17, 15) is 9.59 Å². The highest BCUT2D eigenvalue weighted by molar-refractivity contribution is 7.98. The van der Waals surface area contributed by atoms with E-state index in [-0.39, 0.29) is 5.56 Å². The van der Waals surface area contributed by atoms with Crippen LogP contribution >= 0.6 is 23.4 Å². The Morgan fingerprint density at radius 1 is 1.03 bits per heavy atom. The van der Waals surface area contributed by atoms with Crippen LogP contribution in [0.2, 0.25) is 5.02 Å². The Bertz CT molecular complexity index is 1680. The summed E-state index contributed by atoms with van der Waals surface area (Å²) in [7, 11) is 1.56. The van der Waals surface area contributed by atoms with E-state index >= 15 is 0 Å². The zero-order valence-electron chi connectivity index (χ0n) is 18.4. The number of methoxy groups -OCH3 is 1. The van der Waals surface area contributed by atoms with E-state index in [0.29, 0.717) is 43.9 Å². The van der Waals surface area contributed by atoms with Crippen molar-refractivity contribution in [3.63, 3.8) is 0 Å². The maximum atomic E-state index is 13.5. The number of rotatable bonds is 5. The highest BCUT2D eigenvalue weighted by Crippen LogP contribution is 2.30. The Morgan fingerprint density at radius 3 is 2.65 bits per heavy atom. The molecule has 0 unspecified atom stereocenters. The molecule has 0 N–H and O–H groups in total. The number of aromatic nitrogens is 2. The predicted octanol–water partition coefficient (Wildman–Crippen LogP) is 5.75. The maximum absolute atomic E-state index is 13.5. The number of hydrogen-bond donors (Lipinski definition) is 0. The lowest BCUT2D eigenvalue weighted by molar-refractivity contribution is 0.414. The molecule has 0 bridgehead atoms. The summed E-state index contributed by atoms with van der Waals surface area (Å²) in [5.74, 6) is 1.00. The smallest absolute Gasteiger partial charge is 0.336 e. The molecule has 170 valence electrons. The van der Waals surface area contributed by atoms with Gasteiger partial charge in [-0.3, -0.25) is 9.36 Å². The van der Waals surface area contributed by atoms with Crippen molar-refractivity contribution >= 4 is 45.2 Å². The second-order valence-corrected chi connectivity index (χ2v) is 9.08. The molecular formula is C26H19ClN2O4S. The first-order valence-corrected chi connectivity index (χ1v) is 11.8. The van der Waals surface area contributed by atoms with Crippen LogP contribution in [0.5, 0.6) is 5.75 Å². The van der Waals surface area contributed by atoms with Gasteiger partial charge in [0.1, 0.15) is 11.3 Å². The molecule has 0 saturated heterocycles. The van der Waals surface area contributed by atoms with Gasteiger partial charge in [0.25, 0.3) is 5.56 Å². The molecule has 5 aromatic rings. The van der Waals surface area contributed by atoms with Crippen molar-refractivity contribution in [2.24, 2.45) is 0 Å². The van der Waals surface area contributed by atoms with E-state index in [4.69, 9.17) is 25.7 Å². The first kappa shape index (κ1) is 22.3. The molecular weight excluding hydrogens is 472 g/mol. The monoisotopic (exact) mass is 490 g/mol. The van der Waals surface area contributed by atoms with Crippen LogP contribution in [0.15, 0.2) is 85.9 Å². The van der Waals surface area contributed by atoms with E-state index < -0.39 is 5.63 Å². The maximum Gasteiger partial charge on any atom is 0.336 e. The van der Waals surface area contributed by atoms with Crippen LogP contribution in [-0.2, 0) is 5.75 Å². The van der Waals surface area contributed by atoms with Crippen molar-refractivity contribution in [3.05, 3.63) is 104 Å². The number of hydrogen-bond acceptors (Lipinski definition) is 6. The van der Waals surface area contributed by atoms with E-state index in [2.05, 4.69) is 0 Å². The lowest BCUT2D eigenvalue weighted by Crippen LogP contribution is -2.21. The highest BCUT2D eigenvalue weighted by atomic mass is 35.5. The number of ether oxygens (including phenoxy) is 1. The average Bonchev–Trinajstić information content (AvgIpc) is 2.84. The van der Waals surface area contributed by atoms with Gasteiger partial charge in [0.2, 0.25) is 0 Å². The molecule has 0 saturated carbocycles. The van der Waals surface area contributed by atoms with Gasteiger partial charge in [-0.05, 0) is 54.4 Å².